The van der Waals surface area contributed by atoms with Crippen LogP contribution in [0, 0.1) is 0 Å². The van der Waals surface area contributed by atoms with Crippen molar-refractivity contribution in [3.8, 4) is 0 Å². The Morgan fingerprint density at radius 2 is 2.50 bits per heavy atom. The predicted molar refractivity (Wildman–Crippen MR) is 45.7 cm³/mol. The summed E-state index contributed by atoms with van der Waals surface area (Å²) in [6, 6.07) is 0.421. The minimum Gasteiger partial charge on any atom is -0.372 e. The number of hydrogen-bond donors (Lipinski definition) is 2. The van der Waals surface area contributed by atoms with E-state index in [1.54, 1.807) is 12.5 Å². The van der Waals surface area contributed by atoms with Crippen LogP contribution in [0.4, 0.5) is 0 Å². The number of carbonyl (C=O) groups is 1. The van der Waals surface area contributed by atoms with E-state index in [-0.39, 0.29) is 5.91 Å². The van der Waals surface area contributed by atoms with E-state index in [1.165, 1.54) is 0 Å². The highest BCUT2D eigenvalue weighted by Crippen LogP contribution is 2.19. The second-order valence-corrected chi connectivity index (χ2v) is 3.06. The van der Waals surface area contributed by atoms with Gasteiger partial charge in [0.05, 0.1) is 11.9 Å². The minimum atomic E-state index is 0.0156. The SMILES string of the molecule is O=C(NC1CC1)C1=CN=CNC1. The van der Waals surface area contributed by atoms with Gasteiger partial charge < -0.3 is 10.6 Å². The van der Waals surface area contributed by atoms with Gasteiger partial charge in [0.1, 0.15) is 0 Å². The Bertz CT molecular complexity index is 253. The highest BCUT2D eigenvalue weighted by atomic mass is 16.1. The molecule has 2 N–H and O–H groups in total. The molecule has 0 aromatic carbocycles. The van der Waals surface area contributed by atoms with E-state index in [4.69, 9.17) is 0 Å². The number of nitrogens with one attached hydrogen (secondary N) is 2. The summed E-state index contributed by atoms with van der Waals surface area (Å²) in [5.74, 6) is 0.0156. The monoisotopic (exact) mass is 165 g/mol. The second-order valence-electron chi connectivity index (χ2n) is 3.06. The summed E-state index contributed by atoms with van der Waals surface area (Å²) in [6.07, 6.45) is 5.44. The molecule has 1 amide bonds. The van der Waals surface area contributed by atoms with Gasteiger partial charge in [-0.2, -0.15) is 0 Å². The predicted octanol–water partition coefficient (Wildman–Crippen LogP) is -0.220. The smallest absolute Gasteiger partial charge is 0.250 e. The van der Waals surface area contributed by atoms with Gasteiger partial charge in [0.25, 0.3) is 5.91 Å². The minimum absolute atomic E-state index is 0.0156. The molecule has 1 fully saturated rings. The molecular weight excluding hydrogens is 154 g/mol. The van der Waals surface area contributed by atoms with Crippen molar-refractivity contribution >= 4 is 12.2 Å². The molecule has 4 heteroatoms. The first-order chi connectivity index (χ1) is 5.86. The summed E-state index contributed by atoms with van der Waals surface area (Å²) in [6.45, 7) is 0.585. The average Bonchev–Trinajstić information content (AvgIpc) is 2.90. The summed E-state index contributed by atoms with van der Waals surface area (Å²) < 4.78 is 0. The third kappa shape index (κ3) is 1.64. The van der Waals surface area contributed by atoms with Crippen molar-refractivity contribution < 1.29 is 4.79 Å². The van der Waals surface area contributed by atoms with Gasteiger partial charge in [0.2, 0.25) is 0 Å². The molecule has 0 spiro atoms. The van der Waals surface area contributed by atoms with Crippen LogP contribution in [0.15, 0.2) is 16.8 Å². The fourth-order valence-corrected chi connectivity index (χ4v) is 1.03. The van der Waals surface area contributed by atoms with E-state index in [9.17, 15) is 4.79 Å². The van der Waals surface area contributed by atoms with E-state index in [2.05, 4.69) is 15.6 Å². The Balaban J connectivity index is 1.92. The summed E-state index contributed by atoms with van der Waals surface area (Å²) in [7, 11) is 0. The largest absolute Gasteiger partial charge is 0.372 e. The van der Waals surface area contributed by atoms with Crippen molar-refractivity contribution in [2.45, 2.75) is 18.9 Å². The number of hydrogen-bond acceptors (Lipinski definition) is 3. The highest BCUT2D eigenvalue weighted by Gasteiger charge is 2.24. The van der Waals surface area contributed by atoms with Crippen LogP contribution in [0.1, 0.15) is 12.8 Å². The Labute approximate surface area is 70.7 Å². The Morgan fingerprint density at radius 3 is 3.08 bits per heavy atom. The zero-order chi connectivity index (χ0) is 8.39. The van der Waals surface area contributed by atoms with Crippen molar-refractivity contribution in [1.29, 1.82) is 0 Å². The van der Waals surface area contributed by atoms with Crippen LogP contribution in [-0.4, -0.2) is 24.8 Å². The van der Waals surface area contributed by atoms with Crippen LogP contribution < -0.4 is 10.6 Å². The van der Waals surface area contributed by atoms with Gasteiger partial charge in [-0.05, 0) is 12.8 Å². The zero-order valence-corrected chi connectivity index (χ0v) is 6.71. The molecule has 1 aliphatic heterocycles. The molecule has 1 heterocycles. The number of amides is 1. The molecule has 64 valence electrons. The zero-order valence-electron chi connectivity index (χ0n) is 6.71. The topological polar surface area (TPSA) is 53.5 Å². The van der Waals surface area contributed by atoms with Gasteiger partial charge in [-0.1, -0.05) is 0 Å². The number of rotatable bonds is 2. The van der Waals surface area contributed by atoms with E-state index in [0.29, 0.717) is 18.2 Å². The van der Waals surface area contributed by atoms with Gasteiger partial charge >= 0.3 is 0 Å². The Morgan fingerprint density at radius 1 is 1.67 bits per heavy atom. The molecule has 0 radical (unpaired) electrons. The van der Waals surface area contributed by atoms with Crippen LogP contribution in [0.25, 0.3) is 0 Å². The fraction of sp³-hybridized carbons (Fsp3) is 0.500. The standard InChI is InChI=1S/C8H11N3O/c12-8(11-7-1-2-7)6-3-9-5-10-4-6/h3,5,7H,1-2,4H2,(H,9,10)(H,11,12). The van der Waals surface area contributed by atoms with E-state index in [0.717, 1.165) is 12.8 Å². The van der Waals surface area contributed by atoms with Crippen molar-refractivity contribution in [1.82, 2.24) is 10.6 Å². The van der Waals surface area contributed by atoms with Crippen molar-refractivity contribution in [2.24, 2.45) is 4.99 Å². The lowest BCUT2D eigenvalue weighted by Gasteiger charge is -2.09. The summed E-state index contributed by atoms with van der Waals surface area (Å²) >= 11 is 0. The third-order valence-corrected chi connectivity index (χ3v) is 1.89. The maximum absolute atomic E-state index is 11.4. The quantitative estimate of drug-likeness (QED) is 0.594. The maximum atomic E-state index is 11.4. The third-order valence-electron chi connectivity index (χ3n) is 1.89. The van der Waals surface area contributed by atoms with E-state index in [1.807, 2.05) is 0 Å². The summed E-state index contributed by atoms with van der Waals surface area (Å²) in [5.41, 5.74) is 0.712. The lowest BCUT2D eigenvalue weighted by Crippen LogP contribution is -2.32. The molecule has 1 saturated carbocycles. The molecule has 0 atom stereocenters. The molecule has 1 aliphatic carbocycles. The molecule has 0 saturated heterocycles. The van der Waals surface area contributed by atoms with Crippen molar-refractivity contribution in [3.05, 3.63) is 11.8 Å². The molecule has 0 unspecified atom stereocenters. The normalized spacial score (nSPS) is 21.2. The van der Waals surface area contributed by atoms with E-state index < -0.39 is 0 Å². The lowest BCUT2D eigenvalue weighted by molar-refractivity contribution is -0.117. The van der Waals surface area contributed by atoms with Crippen molar-refractivity contribution in [3.63, 3.8) is 0 Å². The number of nitrogens with zero attached hydrogens (tertiary/aromatic N) is 1. The summed E-state index contributed by atoms with van der Waals surface area (Å²) in [5, 5.41) is 5.79. The highest BCUT2D eigenvalue weighted by molar-refractivity contribution is 5.95. The van der Waals surface area contributed by atoms with Gasteiger partial charge in [-0.3, -0.25) is 4.79 Å². The molecule has 12 heavy (non-hydrogen) atoms. The van der Waals surface area contributed by atoms with Crippen LogP contribution in [0.2, 0.25) is 0 Å². The molecule has 0 aromatic rings. The van der Waals surface area contributed by atoms with Crippen LogP contribution >= 0.6 is 0 Å². The Kier molecular flexibility index (Phi) is 1.81. The molecule has 0 bridgehead atoms. The molecule has 4 nitrogen and oxygen atoms in total. The molecule has 2 rings (SSSR count). The first-order valence-electron chi connectivity index (χ1n) is 4.11. The first kappa shape index (κ1) is 7.34. The van der Waals surface area contributed by atoms with Crippen molar-refractivity contribution in [2.75, 3.05) is 6.54 Å². The van der Waals surface area contributed by atoms with Gasteiger partial charge in [-0.15, -0.1) is 0 Å². The van der Waals surface area contributed by atoms with Gasteiger partial charge in [-0.25, -0.2) is 4.99 Å². The number of carbonyl (C=O) groups excluding carboxylic acids is 1. The van der Waals surface area contributed by atoms with Gasteiger partial charge in [0, 0.05) is 18.8 Å². The van der Waals surface area contributed by atoms with E-state index >= 15 is 0 Å². The van der Waals surface area contributed by atoms with Crippen LogP contribution in [0.3, 0.4) is 0 Å². The second kappa shape index (κ2) is 2.97. The fourth-order valence-electron chi connectivity index (χ4n) is 1.03. The maximum Gasteiger partial charge on any atom is 0.250 e. The van der Waals surface area contributed by atoms with Gasteiger partial charge in [0.15, 0.2) is 0 Å². The molecular formula is C8H11N3O. The van der Waals surface area contributed by atoms with Crippen LogP contribution in [-0.2, 0) is 4.79 Å². The lowest BCUT2D eigenvalue weighted by atomic mass is 10.2. The average molecular weight is 165 g/mol. The van der Waals surface area contributed by atoms with Crippen LogP contribution in [0.5, 0.6) is 0 Å². The first-order valence-corrected chi connectivity index (χ1v) is 4.11. The molecule has 0 aromatic heterocycles. The molecule has 2 aliphatic rings. The Hall–Kier alpha value is -1.32. The summed E-state index contributed by atoms with van der Waals surface area (Å²) in [4.78, 5) is 15.2. The number of aliphatic imine (C=N–C) groups is 1.